The molecule has 2 nitrogen and oxygen atoms in total. The molecule has 0 saturated heterocycles. The van der Waals surface area contributed by atoms with Crippen molar-refractivity contribution in [2.45, 2.75) is 45.8 Å². The van der Waals surface area contributed by atoms with E-state index in [4.69, 9.17) is 4.74 Å². The third kappa shape index (κ3) is 2.71. The van der Waals surface area contributed by atoms with E-state index in [2.05, 4.69) is 27.4 Å². The molecule has 0 bridgehead atoms. The fraction of sp³-hybridized carbons (Fsp3) is 0.727. The molecule has 14 heavy (non-hydrogen) atoms. The summed E-state index contributed by atoms with van der Waals surface area (Å²) >= 11 is 0. The lowest BCUT2D eigenvalue weighted by atomic mass is 10.6. The summed E-state index contributed by atoms with van der Waals surface area (Å²) in [5.41, 5.74) is 0. The Morgan fingerprint density at radius 2 is 1.57 bits per heavy atom. The lowest BCUT2D eigenvalue weighted by Gasteiger charge is -2.28. The van der Waals surface area contributed by atoms with Crippen LogP contribution >= 0.6 is 0 Å². The Bertz CT molecular complexity index is 199. The number of hydrogen-bond donors (Lipinski definition) is 0. The van der Waals surface area contributed by atoms with Gasteiger partial charge in [-0.25, -0.2) is 4.79 Å². The molecule has 0 amide bonds. The summed E-state index contributed by atoms with van der Waals surface area (Å²) in [7, 11) is -1.59. The second-order valence-electron chi connectivity index (χ2n) is 3.54. The van der Waals surface area contributed by atoms with E-state index in [-0.39, 0.29) is 5.97 Å². The first-order chi connectivity index (χ1) is 6.57. The second-order valence-corrected chi connectivity index (χ2v) is 8.83. The Morgan fingerprint density at radius 1 is 1.14 bits per heavy atom. The number of rotatable bonds is 6. The van der Waals surface area contributed by atoms with Crippen LogP contribution in [0.5, 0.6) is 0 Å². The van der Waals surface area contributed by atoms with Crippen molar-refractivity contribution in [2.24, 2.45) is 0 Å². The van der Waals surface area contributed by atoms with Crippen molar-refractivity contribution in [3.05, 3.63) is 11.8 Å². The van der Waals surface area contributed by atoms with Crippen molar-refractivity contribution in [3.8, 4) is 0 Å². The maximum Gasteiger partial charge on any atom is 0.329 e. The van der Waals surface area contributed by atoms with E-state index in [9.17, 15) is 4.79 Å². The van der Waals surface area contributed by atoms with Crippen LogP contribution in [0.15, 0.2) is 11.8 Å². The maximum atomic E-state index is 11.6. The minimum atomic E-state index is -1.59. The number of carbonyl (C=O) groups excluding carboxylic acids is 1. The van der Waals surface area contributed by atoms with Crippen molar-refractivity contribution >= 4 is 14.0 Å². The second kappa shape index (κ2) is 6.01. The van der Waals surface area contributed by atoms with Crippen molar-refractivity contribution < 1.29 is 9.53 Å². The third-order valence-corrected chi connectivity index (χ3v) is 8.74. The molecule has 0 aromatic carbocycles. The highest BCUT2D eigenvalue weighted by Crippen LogP contribution is 2.28. The van der Waals surface area contributed by atoms with Crippen LogP contribution in [-0.2, 0) is 9.53 Å². The van der Waals surface area contributed by atoms with Crippen LogP contribution < -0.4 is 0 Å². The molecule has 3 heteroatoms. The Hall–Kier alpha value is -0.573. The molecule has 82 valence electrons. The molecule has 0 heterocycles. The lowest BCUT2D eigenvalue weighted by molar-refractivity contribution is -0.137. The van der Waals surface area contributed by atoms with Crippen LogP contribution in [0.1, 0.15) is 27.7 Å². The van der Waals surface area contributed by atoms with Crippen molar-refractivity contribution in [3.63, 3.8) is 0 Å². The van der Waals surface area contributed by atoms with E-state index < -0.39 is 8.07 Å². The molecule has 0 radical (unpaired) electrons. The zero-order chi connectivity index (χ0) is 11.2. The molecular formula is C11H22O2Si. The van der Waals surface area contributed by atoms with Gasteiger partial charge in [-0.15, -0.1) is 0 Å². The first kappa shape index (κ1) is 13.4. The van der Waals surface area contributed by atoms with E-state index in [0.717, 1.165) is 23.3 Å². The molecule has 0 aliphatic carbocycles. The summed E-state index contributed by atoms with van der Waals surface area (Å²) in [6, 6.07) is 3.24. The van der Waals surface area contributed by atoms with Gasteiger partial charge < -0.3 is 4.74 Å². The Labute approximate surface area is 88.4 Å². The van der Waals surface area contributed by atoms with Crippen LogP contribution in [0.4, 0.5) is 0 Å². The van der Waals surface area contributed by atoms with E-state index in [1.165, 1.54) is 0 Å². The first-order valence-corrected chi connectivity index (χ1v) is 8.06. The van der Waals surface area contributed by atoms with E-state index in [1.807, 2.05) is 6.92 Å². The van der Waals surface area contributed by atoms with E-state index >= 15 is 0 Å². The van der Waals surface area contributed by atoms with Crippen LogP contribution in [0.3, 0.4) is 0 Å². The smallest absolute Gasteiger partial charge is 0.329 e. The molecule has 0 spiro atoms. The largest absolute Gasteiger partial charge is 0.463 e. The van der Waals surface area contributed by atoms with Gasteiger partial charge in [0.05, 0.1) is 14.7 Å². The SMILES string of the molecule is C=C(C(=O)OCC)[Si](CC)(CC)CC. The average molecular weight is 214 g/mol. The molecular weight excluding hydrogens is 192 g/mol. The van der Waals surface area contributed by atoms with Gasteiger partial charge in [0.15, 0.2) is 0 Å². The van der Waals surface area contributed by atoms with E-state index in [0.29, 0.717) is 6.61 Å². The topological polar surface area (TPSA) is 26.3 Å². The predicted molar refractivity (Wildman–Crippen MR) is 63.0 cm³/mol. The average Bonchev–Trinajstić information content (AvgIpc) is 2.21. The zero-order valence-electron chi connectivity index (χ0n) is 9.85. The van der Waals surface area contributed by atoms with Gasteiger partial charge in [-0.1, -0.05) is 45.5 Å². The molecule has 0 unspecified atom stereocenters. The zero-order valence-corrected chi connectivity index (χ0v) is 10.9. The molecule has 0 aliphatic heterocycles. The standard InChI is InChI=1S/C11H22O2Si/c1-6-13-11(12)10(5)14(7-2,8-3)9-4/h5-9H2,1-4H3. The summed E-state index contributed by atoms with van der Waals surface area (Å²) in [5, 5.41) is 0.770. The minimum Gasteiger partial charge on any atom is -0.463 e. The molecule has 0 aromatic rings. The third-order valence-electron chi connectivity index (χ3n) is 3.19. The van der Waals surface area contributed by atoms with Crippen LogP contribution in [-0.4, -0.2) is 20.7 Å². The summed E-state index contributed by atoms with van der Waals surface area (Å²) in [6.45, 7) is 12.7. The number of hydrogen-bond acceptors (Lipinski definition) is 2. The highest BCUT2D eigenvalue weighted by molar-refractivity contribution is 6.89. The molecule has 0 N–H and O–H groups in total. The monoisotopic (exact) mass is 214 g/mol. The molecule has 0 fully saturated rings. The van der Waals surface area contributed by atoms with Gasteiger partial charge in [0.1, 0.15) is 0 Å². The summed E-state index contributed by atoms with van der Waals surface area (Å²) < 4.78 is 5.01. The van der Waals surface area contributed by atoms with Crippen molar-refractivity contribution in [1.82, 2.24) is 0 Å². The van der Waals surface area contributed by atoms with Crippen molar-refractivity contribution in [2.75, 3.05) is 6.61 Å². The Morgan fingerprint density at radius 3 is 1.86 bits per heavy atom. The fourth-order valence-corrected chi connectivity index (χ4v) is 5.11. The summed E-state index contributed by atoms with van der Waals surface area (Å²) in [5.74, 6) is -0.176. The molecule has 0 atom stereocenters. The lowest BCUT2D eigenvalue weighted by Crippen LogP contribution is -2.38. The molecule has 0 aliphatic rings. The number of ether oxygens (including phenoxy) is 1. The van der Waals surface area contributed by atoms with Crippen LogP contribution in [0, 0.1) is 0 Å². The molecule has 0 saturated carbocycles. The highest BCUT2D eigenvalue weighted by atomic mass is 28.3. The quantitative estimate of drug-likeness (QED) is 0.386. The molecule has 0 aromatic heterocycles. The number of esters is 1. The van der Waals surface area contributed by atoms with Gasteiger partial charge in [0, 0.05) is 5.20 Å². The Balaban J connectivity index is 4.67. The highest BCUT2D eigenvalue weighted by Gasteiger charge is 2.34. The summed E-state index contributed by atoms with van der Waals surface area (Å²) in [4.78, 5) is 11.6. The Kier molecular flexibility index (Phi) is 5.77. The fourth-order valence-electron chi connectivity index (χ4n) is 1.82. The van der Waals surface area contributed by atoms with Crippen LogP contribution in [0.25, 0.3) is 0 Å². The van der Waals surface area contributed by atoms with Gasteiger partial charge in [0.25, 0.3) is 0 Å². The summed E-state index contributed by atoms with van der Waals surface area (Å²) in [6.07, 6.45) is 0. The maximum absolute atomic E-state index is 11.6. The van der Waals surface area contributed by atoms with Gasteiger partial charge >= 0.3 is 5.97 Å². The van der Waals surface area contributed by atoms with Crippen LogP contribution in [0.2, 0.25) is 18.1 Å². The predicted octanol–water partition coefficient (Wildman–Crippen LogP) is 3.15. The van der Waals surface area contributed by atoms with Gasteiger partial charge in [-0.2, -0.15) is 0 Å². The first-order valence-electron chi connectivity index (χ1n) is 5.44. The van der Waals surface area contributed by atoms with E-state index in [1.54, 1.807) is 0 Å². The number of carbonyl (C=O) groups is 1. The van der Waals surface area contributed by atoms with Gasteiger partial charge in [0.2, 0.25) is 0 Å². The minimum absolute atomic E-state index is 0.176. The molecule has 0 rings (SSSR count). The normalized spacial score (nSPS) is 11.1. The van der Waals surface area contributed by atoms with Crippen molar-refractivity contribution in [1.29, 1.82) is 0 Å². The van der Waals surface area contributed by atoms with Gasteiger partial charge in [-0.3, -0.25) is 0 Å². The van der Waals surface area contributed by atoms with Gasteiger partial charge in [-0.05, 0) is 6.92 Å².